The third-order valence-electron chi connectivity index (χ3n) is 4.13. The fourth-order valence-corrected chi connectivity index (χ4v) is 3.68. The highest BCUT2D eigenvalue weighted by molar-refractivity contribution is 7.14. The lowest BCUT2D eigenvalue weighted by atomic mass is 9.98. The highest BCUT2D eigenvalue weighted by Gasteiger charge is 2.31. The van der Waals surface area contributed by atoms with Gasteiger partial charge in [-0.3, -0.25) is 5.32 Å². The molecule has 0 saturated carbocycles. The lowest BCUT2D eigenvalue weighted by Crippen LogP contribution is -2.47. The summed E-state index contributed by atoms with van der Waals surface area (Å²) in [6.45, 7) is 2.74. The SMILES string of the molecule is C[C@@H]1C[C@H](O)CN(C(=O)Nc2nc(-c3cccc(C(F)(F)F)c3)cs2)C1. The van der Waals surface area contributed by atoms with Gasteiger partial charge in [0.2, 0.25) is 0 Å². The van der Waals surface area contributed by atoms with Crippen LogP contribution in [0, 0.1) is 5.92 Å². The van der Waals surface area contributed by atoms with Crippen LogP contribution in [0.15, 0.2) is 29.6 Å². The van der Waals surface area contributed by atoms with Gasteiger partial charge in [0.25, 0.3) is 0 Å². The number of alkyl halides is 3. The van der Waals surface area contributed by atoms with E-state index in [0.717, 1.165) is 23.5 Å². The summed E-state index contributed by atoms with van der Waals surface area (Å²) >= 11 is 1.14. The summed E-state index contributed by atoms with van der Waals surface area (Å²) in [5.41, 5.74) is -0.0492. The van der Waals surface area contributed by atoms with E-state index < -0.39 is 17.8 Å². The van der Waals surface area contributed by atoms with Gasteiger partial charge >= 0.3 is 12.2 Å². The molecule has 0 bridgehead atoms. The number of nitrogens with one attached hydrogen (secondary N) is 1. The number of amides is 2. The zero-order valence-electron chi connectivity index (χ0n) is 14.0. The summed E-state index contributed by atoms with van der Waals surface area (Å²) in [5, 5.41) is 14.3. The number of thiazole rings is 1. The van der Waals surface area contributed by atoms with Gasteiger partial charge in [-0.15, -0.1) is 11.3 Å². The van der Waals surface area contributed by atoms with E-state index in [0.29, 0.717) is 29.4 Å². The predicted octanol–water partition coefficient (Wildman–Crippen LogP) is 4.06. The number of carbonyl (C=O) groups is 1. The molecule has 26 heavy (non-hydrogen) atoms. The number of nitrogens with zero attached hydrogens (tertiary/aromatic N) is 2. The summed E-state index contributed by atoms with van der Waals surface area (Å²) in [7, 11) is 0. The van der Waals surface area contributed by atoms with Crippen LogP contribution in [-0.2, 0) is 6.18 Å². The molecule has 0 radical (unpaired) electrons. The standard InChI is InChI=1S/C17H18F3N3O2S/c1-10-5-13(24)8-23(7-10)16(25)22-15-21-14(9-26-15)11-3-2-4-12(6-11)17(18,19)20/h2-4,6,9-10,13,24H,5,7-8H2,1H3,(H,21,22,25)/t10-,13+/m1/s1. The zero-order valence-corrected chi connectivity index (χ0v) is 14.8. The molecule has 1 aliphatic rings. The van der Waals surface area contributed by atoms with Crippen molar-refractivity contribution in [3.63, 3.8) is 0 Å². The average Bonchev–Trinajstić information content (AvgIpc) is 3.02. The molecule has 140 valence electrons. The summed E-state index contributed by atoms with van der Waals surface area (Å²) in [4.78, 5) is 18.0. The number of piperidine rings is 1. The second-order valence-electron chi connectivity index (χ2n) is 6.45. The number of rotatable bonds is 2. The van der Waals surface area contributed by atoms with Gasteiger partial charge in [-0.25, -0.2) is 9.78 Å². The molecule has 0 spiro atoms. The van der Waals surface area contributed by atoms with Crippen LogP contribution in [0.4, 0.5) is 23.1 Å². The maximum absolute atomic E-state index is 12.8. The molecule has 1 saturated heterocycles. The van der Waals surface area contributed by atoms with Gasteiger partial charge in [-0.2, -0.15) is 13.2 Å². The van der Waals surface area contributed by atoms with Crippen molar-refractivity contribution in [2.24, 2.45) is 5.92 Å². The van der Waals surface area contributed by atoms with E-state index in [1.54, 1.807) is 11.4 Å². The molecule has 1 aromatic carbocycles. The third kappa shape index (κ3) is 4.34. The highest BCUT2D eigenvalue weighted by atomic mass is 32.1. The fourth-order valence-electron chi connectivity index (χ4n) is 2.97. The number of benzene rings is 1. The number of aliphatic hydroxyl groups excluding tert-OH is 1. The average molecular weight is 385 g/mol. The van der Waals surface area contributed by atoms with Crippen LogP contribution in [0.3, 0.4) is 0 Å². The molecule has 2 atom stereocenters. The number of aliphatic hydroxyl groups is 1. The summed E-state index contributed by atoms with van der Waals surface area (Å²) in [5.74, 6) is 0.196. The molecule has 1 fully saturated rings. The number of hydrogen-bond acceptors (Lipinski definition) is 4. The van der Waals surface area contributed by atoms with Crippen molar-refractivity contribution in [1.82, 2.24) is 9.88 Å². The Morgan fingerprint density at radius 1 is 1.38 bits per heavy atom. The van der Waals surface area contributed by atoms with Crippen molar-refractivity contribution in [3.8, 4) is 11.3 Å². The Kier molecular flexibility index (Phi) is 5.19. The van der Waals surface area contributed by atoms with Crippen molar-refractivity contribution in [2.75, 3.05) is 18.4 Å². The molecule has 2 heterocycles. The highest BCUT2D eigenvalue weighted by Crippen LogP contribution is 2.33. The molecule has 9 heteroatoms. The Balaban J connectivity index is 1.71. The Morgan fingerprint density at radius 3 is 2.85 bits per heavy atom. The maximum Gasteiger partial charge on any atom is 0.416 e. The minimum absolute atomic E-state index is 0.196. The third-order valence-corrected chi connectivity index (χ3v) is 4.89. The Morgan fingerprint density at radius 2 is 2.15 bits per heavy atom. The van der Waals surface area contributed by atoms with Gasteiger partial charge in [0, 0.05) is 24.0 Å². The van der Waals surface area contributed by atoms with Crippen molar-refractivity contribution < 1.29 is 23.1 Å². The van der Waals surface area contributed by atoms with Crippen LogP contribution in [0.25, 0.3) is 11.3 Å². The number of halogens is 3. The first kappa shape index (κ1) is 18.7. The minimum Gasteiger partial charge on any atom is -0.391 e. The van der Waals surface area contributed by atoms with Crippen molar-refractivity contribution in [1.29, 1.82) is 0 Å². The Labute approximate surface area is 152 Å². The Hall–Kier alpha value is -2.13. The second-order valence-corrected chi connectivity index (χ2v) is 7.30. The molecule has 0 aliphatic carbocycles. The molecule has 2 aromatic rings. The summed E-state index contributed by atoms with van der Waals surface area (Å²) < 4.78 is 38.5. The van der Waals surface area contributed by atoms with Gasteiger partial charge < -0.3 is 10.0 Å². The van der Waals surface area contributed by atoms with Gasteiger partial charge in [0.05, 0.1) is 17.4 Å². The number of hydrogen-bond donors (Lipinski definition) is 2. The molecule has 1 aliphatic heterocycles. The van der Waals surface area contributed by atoms with Crippen LogP contribution in [0.2, 0.25) is 0 Å². The molecular formula is C17H18F3N3O2S. The molecule has 3 rings (SSSR count). The number of likely N-dealkylation sites (tertiary alicyclic amines) is 1. The number of anilines is 1. The molecule has 2 amide bonds. The Bertz CT molecular complexity index is 784. The second kappa shape index (κ2) is 7.24. The smallest absolute Gasteiger partial charge is 0.391 e. The van der Waals surface area contributed by atoms with Crippen LogP contribution in [0.1, 0.15) is 18.9 Å². The minimum atomic E-state index is -4.42. The molecule has 5 nitrogen and oxygen atoms in total. The quantitative estimate of drug-likeness (QED) is 0.819. The van der Waals surface area contributed by atoms with E-state index in [1.165, 1.54) is 11.0 Å². The lowest BCUT2D eigenvalue weighted by molar-refractivity contribution is -0.137. The van der Waals surface area contributed by atoms with Crippen molar-refractivity contribution in [3.05, 3.63) is 35.2 Å². The van der Waals surface area contributed by atoms with Crippen LogP contribution in [0.5, 0.6) is 0 Å². The number of aromatic nitrogens is 1. The first-order valence-corrected chi connectivity index (χ1v) is 8.97. The zero-order chi connectivity index (χ0) is 18.9. The van der Waals surface area contributed by atoms with Gasteiger partial charge in [0.1, 0.15) is 0 Å². The normalized spacial score (nSPS) is 20.9. The van der Waals surface area contributed by atoms with Crippen LogP contribution in [-0.4, -0.2) is 40.2 Å². The van der Waals surface area contributed by atoms with E-state index in [1.807, 2.05) is 6.92 Å². The van der Waals surface area contributed by atoms with Crippen LogP contribution < -0.4 is 5.32 Å². The predicted molar refractivity (Wildman–Crippen MR) is 92.9 cm³/mol. The van der Waals surface area contributed by atoms with E-state index in [9.17, 15) is 23.1 Å². The van der Waals surface area contributed by atoms with Crippen molar-refractivity contribution >= 4 is 22.5 Å². The molecule has 2 N–H and O–H groups in total. The van der Waals surface area contributed by atoms with Gasteiger partial charge in [-0.1, -0.05) is 19.1 Å². The van der Waals surface area contributed by atoms with Gasteiger partial charge in [-0.05, 0) is 24.5 Å². The fraction of sp³-hybridized carbons (Fsp3) is 0.412. The topological polar surface area (TPSA) is 65.5 Å². The first-order chi connectivity index (χ1) is 12.2. The summed E-state index contributed by atoms with van der Waals surface area (Å²) in [6, 6.07) is 4.52. The van der Waals surface area contributed by atoms with Crippen molar-refractivity contribution in [2.45, 2.75) is 25.6 Å². The van der Waals surface area contributed by atoms with Crippen LogP contribution >= 0.6 is 11.3 Å². The summed E-state index contributed by atoms with van der Waals surface area (Å²) in [6.07, 6.45) is -4.32. The number of urea groups is 1. The van der Waals surface area contributed by atoms with E-state index in [-0.39, 0.29) is 18.5 Å². The lowest BCUT2D eigenvalue weighted by Gasteiger charge is -2.33. The molecule has 1 aromatic heterocycles. The first-order valence-electron chi connectivity index (χ1n) is 8.09. The van der Waals surface area contributed by atoms with E-state index in [2.05, 4.69) is 10.3 Å². The number of carbonyl (C=O) groups excluding carboxylic acids is 1. The number of β-amino-alcohol motifs (C(OH)–C–C–N with tert-alkyl or cyclic N) is 1. The van der Waals surface area contributed by atoms with E-state index >= 15 is 0 Å². The monoisotopic (exact) mass is 385 g/mol. The largest absolute Gasteiger partial charge is 0.416 e. The molecule has 0 unspecified atom stereocenters. The maximum atomic E-state index is 12.8. The van der Waals surface area contributed by atoms with E-state index in [4.69, 9.17) is 0 Å². The van der Waals surface area contributed by atoms with Gasteiger partial charge in [0.15, 0.2) is 5.13 Å². The molecular weight excluding hydrogens is 367 g/mol.